The monoisotopic (exact) mass is 279 g/mol. The lowest BCUT2D eigenvalue weighted by Crippen LogP contribution is -2.39. The molecule has 0 aliphatic heterocycles. The highest BCUT2D eigenvalue weighted by atomic mass is 19.1. The molecule has 1 aromatic rings. The lowest BCUT2D eigenvalue weighted by Gasteiger charge is -2.25. The summed E-state index contributed by atoms with van der Waals surface area (Å²) in [5, 5.41) is 2.66. The van der Waals surface area contributed by atoms with Gasteiger partial charge in [-0.2, -0.15) is 0 Å². The standard InChI is InChI=1S/C15H18FNO3/c1-4-13(20)17-15(14(9(2)18)10(3)19)11-5-7-12(16)8-6-11/h5-8,14-15H,4H2,1-3H3,(H,17,20). The van der Waals surface area contributed by atoms with Crippen LogP contribution < -0.4 is 5.32 Å². The number of carbonyl (C=O) groups excluding carboxylic acids is 3. The lowest BCUT2D eigenvalue weighted by molar-refractivity contribution is -0.132. The highest BCUT2D eigenvalue weighted by Crippen LogP contribution is 2.24. The highest BCUT2D eigenvalue weighted by Gasteiger charge is 2.31. The number of hydrogen-bond acceptors (Lipinski definition) is 3. The third-order valence-electron chi connectivity index (χ3n) is 3.08. The zero-order valence-corrected chi connectivity index (χ0v) is 11.8. The number of Topliss-reactive ketones (excluding diaryl/α,β-unsaturated/α-hetero) is 2. The summed E-state index contributed by atoms with van der Waals surface area (Å²) in [4.78, 5) is 35.0. The summed E-state index contributed by atoms with van der Waals surface area (Å²) in [6.45, 7) is 4.29. The van der Waals surface area contributed by atoms with Crippen LogP contribution in [0.3, 0.4) is 0 Å². The molecule has 1 rings (SSSR count). The minimum atomic E-state index is -0.962. The van der Waals surface area contributed by atoms with Crippen LogP contribution in [0.2, 0.25) is 0 Å². The van der Waals surface area contributed by atoms with Crippen LogP contribution in [0.4, 0.5) is 4.39 Å². The van der Waals surface area contributed by atoms with E-state index in [1.54, 1.807) is 6.92 Å². The van der Waals surface area contributed by atoms with Crippen LogP contribution in [0.25, 0.3) is 0 Å². The van der Waals surface area contributed by atoms with E-state index in [2.05, 4.69) is 5.32 Å². The third-order valence-corrected chi connectivity index (χ3v) is 3.08. The average molecular weight is 279 g/mol. The van der Waals surface area contributed by atoms with Gasteiger partial charge in [-0.15, -0.1) is 0 Å². The molecule has 5 heteroatoms. The number of nitrogens with one attached hydrogen (secondary N) is 1. The van der Waals surface area contributed by atoms with Crippen LogP contribution in [0, 0.1) is 11.7 Å². The number of carbonyl (C=O) groups is 3. The van der Waals surface area contributed by atoms with Gasteiger partial charge in [-0.25, -0.2) is 4.39 Å². The summed E-state index contributed by atoms with van der Waals surface area (Å²) in [6.07, 6.45) is 0.236. The van der Waals surface area contributed by atoms with Crippen LogP contribution in [0.15, 0.2) is 24.3 Å². The van der Waals surface area contributed by atoms with E-state index >= 15 is 0 Å². The molecule has 0 saturated heterocycles. The SMILES string of the molecule is CCC(=O)NC(c1ccc(F)cc1)C(C(C)=O)C(C)=O. The first-order chi connectivity index (χ1) is 9.36. The van der Waals surface area contributed by atoms with Crippen LogP contribution in [-0.4, -0.2) is 17.5 Å². The van der Waals surface area contributed by atoms with Crippen LogP contribution in [-0.2, 0) is 14.4 Å². The second-order valence-electron chi connectivity index (χ2n) is 4.65. The molecule has 0 aliphatic carbocycles. The van der Waals surface area contributed by atoms with Crippen molar-refractivity contribution in [2.45, 2.75) is 33.2 Å². The van der Waals surface area contributed by atoms with E-state index in [-0.39, 0.29) is 23.9 Å². The summed E-state index contributed by atoms with van der Waals surface area (Å²) >= 11 is 0. The van der Waals surface area contributed by atoms with Gasteiger partial charge in [0.1, 0.15) is 23.3 Å². The maximum absolute atomic E-state index is 13.0. The molecule has 1 unspecified atom stereocenters. The van der Waals surface area contributed by atoms with Crippen molar-refractivity contribution in [2.24, 2.45) is 5.92 Å². The molecular formula is C15H18FNO3. The topological polar surface area (TPSA) is 63.2 Å². The van der Waals surface area contributed by atoms with Gasteiger partial charge in [-0.1, -0.05) is 19.1 Å². The Kier molecular flexibility index (Phi) is 5.55. The van der Waals surface area contributed by atoms with Gasteiger partial charge in [0.15, 0.2) is 0 Å². The fourth-order valence-corrected chi connectivity index (χ4v) is 2.06. The van der Waals surface area contributed by atoms with E-state index in [9.17, 15) is 18.8 Å². The predicted octanol–water partition coefficient (Wildman–Crippen LogP) is 2.19. The Morgan fingerprint density at radius 3 is 2.00 bits per heavy atom. The van der Waals surface area contributed by atoms with E-state index in [0.29, 0.717) is 5.56 Å². The van der Waals surface area contributed by atoms with Gasteiger partial charge in [-0.3, -0.25) is 14.4 Å². The number of hydrogen-bond donors (Lipinski definition) is 1. The van der Waals surface area contributed by atoms with Crippen molar-refractivity contribution >= 4 is 17.5 Å². The second-order valence-corrected chi connectivity index (χ2v) is 4.65. The second kappa shape index (κ2) is 6.93. The fraction of sp³-hybridized carbons (Fsp3) is 0.400. The van der Waals surface area contributed by atoms with Crippen molar-refractivity contribution in [3.63, 3.8) is 0 Å². The molecule has 0 bridgehead atoms. The number of amides is 1. The van der Waals surface area contributed by atoms with E-state index in [0.717, 1.165) is 0 Å². The molecule has 1 amide bonds. The van der Waals surface area contributed by atoms with Gasteiger partial charge in [-0.05, 0) is 31.5 Å². The summed E-state index contributed by atoms with van der Waals surface area (Å²) in [5.41, 5.74) is 0.531. The molecular weight excluding hydrogens is 261 g/mol. The Morgan fingerprint density at radius 1 is 1.10 bits per heavy atom. The van der Waals surface area contributed by atoms with Gasteiger partial charge in [0, 0.05) is 6.42 Å². The van der Waals surface area contributed by atoms with Gasteiger partial charge in [0.05, 0.1) is 6.04 Å². The van der Waals surface area contributed by atoms with Crippen molar-refractivity contribution in [2.75, 3.05) is 0 Å². The molecule has 1 N–H and O–H groups in total. The molecule has 0 fully saturated rings. The summed E-state index contributed by atoms with van der Waals surface area (Å²) in [7, 11) is 0. The van der Waals surface area contributed by atoms with Crippen molar-refractivity contribution in [1.29, 1.82) is 0 Å². The first-order valence-corrected chi connectivity index (χ1v) is 6.42. The van der Waals surface area contributed by atoms with Gasteiger partial charge in [0.2, 0.25) is 5.91 Å². The number of benzene rings is 1. The van der Waals surface area contributed by atoms with Crippen LogP contribution >= 0.6 is 0 Å². The average Bonchev–Trinajstić information content (AvgIpc) is 2.37. The molecule has 108 valence electrons. The lowest BCUT2D eigenvalue weighted by atomic mass is 9.87. The van der Waals surface area contributed by atoms with E-state index in [1.165, 1.54) is 38.1 Å². The predicted molar refractivity (Wildman–Crippen MR) is 72.4 cm³/mol. The van der Waals surface area contributed by atoms with Gasteiger partial charge >= 0.3 is 0 Å². The first kappa shape index (κ1) is 16.0. The number of halogens is 1. The molecule has 0 heterocycles. The Labute approximate surface area is 117 Å². The minimum Gasteiger partial charge on any atom is -0.348 e. The molecule has 0 aliphatic rings. The van der Waals surface area contributed by atoms with Crippen molar-refractivity contribution in [3.8, 4) is 0 Å². The van der Waals surface area contributed by atoms with Gasteiger partial charge in [0.25, 0.3) is 0 Å². The van der Waals surface area contributed by atoms with E-state index < -0.39 is 17.8 Å². The van der Waals surface area contributed by atoms with Crippen LogP contribution in [0.1, 0.15) is 38.8 Å². The molecule has 0 saturated carbocycles. The first-order valence-electron chi connectivity index (χ1n) is 6.42. The van der Waals surface area contributed by atoms with Gasteiger partial charge < -0.3 is 5.32 Å². The Morgan fingerprint density at radius 2 is 1.60 bits per heavy atom. The van der Waals surface area contributed by atoms with Crippen molar-refractivity contribution in [1.82, 2.24) is 5.32 Å². The summed E-state index contributed by atoms with van der Waals surface area (Å²) in [5.74, 6) is -2.31. The Bertz CT molecular complexity index is 496. The minimum absolute atomic E-state index is 0.236. The smallest absolute Gasteiger partial charge is 0.220 e. The molecule has 4 nitrogen and oxygen atoms in total. The normalized spacial score (nSPS) is 12.1. The quantitative estimate of drug-likeness (QED) is 0.812. The summed E-state index contributed by atoms with van der Waals surface area (Å²) in [6, 6.07) is 4.64. The van der Waals surface area contributed by atoms with Crippen LogP contribution in [0.5, 0.6) is 0 Å². The zero-order valence-electron chi connectivity index (χ0n) is 11.8. The molecule has 0 radical (unpaired) electrons. The fourth-order valence-electron chi connectivity index (χ4n) is 2.06. The number of rotatable bonds is 6. The van der Waals surface area contributed by atoms with Crippen molar-refractivity contribution < 1.29 is 18.8 Å². The largest absolute Gasteiger partial charge is 0.348 e. The molecule has 0 spiro atoms. The van der Waals surface area contributed by atoms with E-state index in [1.807, 2.05) is 0 Å². The molecule has 0 aromatic heterocycles. The third kappa shape index (κ3) is 3.98. The number of ketones is 2. The zero-order chi connectivity index (χ0) is 15.3. The molecule has 20 heavy (non-hydrogen) atoms. The summed E-state index contributed by atoms with van der Waals surface area (Å²) < 4.78 is 13.0. The maximum Gasteiger partial charge on any atom is 0.220 e. The van der Waals surface area contributed by atoms with Crippen molar-refractivity contribution in [3.05, 3.63) is 35.6 Å². The molecule has 1 atom stereocenters. The Balaban J connectivity index is 3.19. The molecule has 1 aromatic carbocycles. The Hall–Kier alpha value is -2.04. The maximum atomic E-state index is 13.0. The highest BCUT2D eigenvalue weighted by molar-refractivity contribution is 6.01. The van der Waals surface area contributed by atoms with E-state index in [4.69, 9.17) is 0 Å².